The standard InChI is InChI=1S/C15H22N2OS/c1-12(18)17-7-2-13(3-8-17)10-16-6-4-15-14(11-16)5-9-19-15/h5,9,13H,2-4,6-8,10-11H2,1H3. The fourth-order valence-electron chi connectivity index (χ4n) is 3.26. The van der Waals surface area contributed by atoms with Crippen LogP contribution in [-0.4, -0.2) is 41.9 Å². The van der Waals surface area contributed by atoms with Gasteiger partial charge < -0.3 is 4.90 Å². The highest BCUT2D eigenvalue weighted by Gasteiger charge is 2.24. The van der Waals surface area contributed by atoms with Gasteiger partial charge in [0.05, 0.1) is 0 Å². The fourth-order valence-corrected chi connectivity index (χ4v) is 4.15. The first-order valence-corrected chi connectivity index (χ1v) is 8.13. The number of thiophene rings is 1. The Kier molecular flexibility index (Phi) is 3.89. The van der Waals surface area contributed by atoms with Gasteiger partial charge in [0.2, 0.25) is 5.91 Å². The van der Waals surface area contributed by atoms with Crippen LogP contribution in [0, 0.1) is 5.92 Å². The number of amides is 1. The van der Waals surface area contributed by atoms with Crippen molar-refractivity contribution in [1.82, 2.24) is 9.80 Å². The number of fused-ring (bicyclic) bond motifs is 1. The minimum atomic E-state index is 0.235. The molecule has 0 radical (unpaired) electrons. The third-order valence-corrected chi connectivity index (χ3v) is 5.49. The Labute approximate surface area is 119 Å². The van der Waals surface area contributed by atoms with E-state index in [2.05, 4.69) is 16.3 Å². The van der Waals surface area contributed by atoms with Crippen molar-refractivity contribution in [1.29, 1.82) is 0 Å². The maximum atomic E-state index is 11.3. The van der Waals surface area contributed by atoms with Gasteiger partial charge >= 0.3 is 0 Å². The molecule has 0 bridgehead atoms. The van der Waals surface area contributed by atoms with Crippen molar-refractivity contribution in [2.75, 3.05) is 26.2 Å². The zero-order chi connectivity index (χ0) is 13.2. The molecule has 2 aliphatic rings. The predicted molar refractivity (Wildman–Crippen MR) is 78.3 cm³/mol. The topological polar surface area (TPSA) is 23.6 Å². The number of carbonyl (C=O) groups excluding carboxylic acids is 1. The molecule has 2 aliphatic heterocycles. The van der Waals surface area contributed by atoms with Crippen molar-refractivity contribution >= 4 is 17.2 Å². The highest BCUT2D eigenvalue weighted by atomic mass is 32.1. The van der Waals surface area contributed by atoms with Crippen LogP contribution in [0.5, 0.6) is 0 Å². The molecule has 3 nitrogen and oxygen atoms in total. The summed E-state index contributed by atoms with van der Waals surface area (Å²) in [5.41, 5.74) is 1.54. The highest BCUT2D eigenvalue weighted by Crippen LogP contribution is 2.26. The summed E-state index contributed by atoms with van der Waals surface area (Å²) >= 11 is 1.91. The number of likely N-dealkylation sites (tertiary alicyclic amines) is 1. The molecule has 0 aliphatic carbocycles. The van der Waals surface area contributed by atoms with Crippen LogP contribution in [0.25, 0.3) is 0 Å². The van der Waals surface area contributed by atoms with Gasteiger partial charge in [-0.3, -0.25) is 9.69 Å². The number of rotatable bonds is 2. The summed E-state index contributed by atoms with van der Waals surface area (Å²) in [4.78, 5) is 17.5. The van der Waals surface area contributed by atoms with E-state index >= 15 is 0 Å². The molecule has 1 amide bonds. The van der Waals surface area contributed by atoms with Gasteiger partial charge in [-0.05, 0) is 42.2 Å². The lowest BCUT2D eigenvalue weighted by atomic mass is 9.95. The van der Waals surface area contributed by atoms with E-state index in [9.17, 15) is 4.79 Å². The van der Waals surface area contributed by atoms with Crippen LogP contribution in [-0.2, 0) is 17.8 Å². The first-order valence-electron chi connectivity index (χ1n) is 7.25. The van der Waals surface area contributed by atoms with Crippen LogP contribution in [0.1, 0.15) is 30.2 Å². The molecule has 3 rings (SSSR count). The lowest BCUT2D eigenvalue weighted by Crippen LogP contribution is -2.41. The van der Waals surface area contributed by atoms with Crippen LogP contribution in [0.15, 0.2) is 11.4 Å². The van der Waals surface area contributed by atoms with Gasteiger partial charge in [-0.1, -0.05) is 0 Å². The summed E-state index contributed by atoms with van der Waals surface area (Å²) in [5.74, 6) is 1.01. The number of carbonyl (C=O) groups is 1. The molecule has 3 heterocycles. The summed E-state index contributed by atoms with van der Waals surface area (Å²) in [7, 11) is 0. The third kappa shape index (κ3) is 3.00. The molecule has 0 unspecified atom stereocenters. The summed E-state index contributed by atoms with van der Waals surface area (Å²) in [6, 6.07) is 2.28. The molecule has 0 spiro atoms. The second-order valence-electron chi connectivity index (χ2n) is 5.80. The van der Waals surface area contributed by atoms with E-state index in [1.54, 1.807) is 11.8 Å². The Morgan fingerprint density at radius 3 is 2.89 bits per heavy atom. The maximum absolute atomic E-state index is 11.3. The van der Waals surface area contributed by atoms with Crippen LogP contribution >= 0.6 is 11.3 Å². The second kappa shape index (κ2) is 5.63. The molecule has 0 saturated carbocycles. The number of nitrogens with zero attached hydrogens (tertiary/aromatic N) is 2. The first kappa shape index (κ1) is 13.1. The van der Waals surface area contributed by atoms with E-state index in [4.69, 9.17) is 0 Å². The molecule has 1 aromatic heterocycles. The monoisotopic (exact) mass is 278 g/mol. The Hall–Kier alpha value is -0.870. The molecule has 1 fully saturated rings. The zero-order valence-electron chi connectivity index (χ0n) is 11.6. The van der Waals surface area contributed by atoms with Gasteiger partial charge in [-0.15, -0.1) is 11.3 Å². The molecule has 4 heteroatoms. The van der Waals surface area contributed by atoms with Gasteiger partial charge in [0.1, 0.15) is 0 Å². The molecular formula is C15H22N2OS. The van der Waals surface area contributed by atoms with E-state index < -0.39 is 0 Å². The Bertz CT molecular complexity index is 449. The highest BCUT2D eigenvalue weighted by molar-refractivity contribution is 7.10. The second-order valence-corrected chi connectivity index (χ2v) is 6.80. The number of hydrogen-bond acceptors (Lipinski definition) is 3. The average Bonchev–Trinajstić information content (AvgIpc) is 2.87. The Morgan fingerprint density at radius 2 is 2.16 bits per heavy atom. The molecule has 104 valence electrons. The van der Waals surface area contributed by atoms with Gasteiger partial charge in [0.15, 0.2) is 0 Å². The van der Waals surface area contributed by atoms with Gasteiger partial charge in [-0.2, -0.15) is 0 Å². The normalized spacial score (nSPS) is 21.4. The molecule has 19 heavy (non-hydrogen) atoms. The van der Waals surface area contributed by atoms with Crippen molar-refractivity contribution in [2.24, 2.45) is 5.92 Å². The Morgan fingerprint density at radius 1 is 1.37 bits per heavy atom. The average molecular weight is 278 g/mol. The van der Waals surface area contributed by atoms with Crippen molar-refractivity contribution in [3.8, 4) is 0 Å². The zero-order valence-corrected chi connectivity index (χ0v) is 12.4. The van der Waals surface area contributed by atoms with Crippen molar-refractivity contribution in [3.05, 3.63) is 21.9 Å². The lowest BCUT2D eigenvalue weighted by Gasteiger charge is -2.35. The van der Waals surface area contributed by atoms with Gasteiger partial charge in [0, 0.05) is 44.5 Å². The fraction of sp³-hybridized carbons (Fsp3) is 0.667. The van der Waals surface area contributed by atoms with Crippen molar-refractivity contribution < 1.29 is 4.79 Å². The molecule has 0 aromatic carbocycles. The van der Waals surface area contributed by atoms with Crippen LogP contribution in [0.4, 0.5) is 0 Å². The molecule has 1 aromatic rings. The molecular weight excluding hydrogens is 256 g/mol. The minimum absolute atomic E-state index is 0.235. The predicted octanol–water partition coefficient (Wildman–Crippen LogP) is 2.36. The quantitative estimate of drug-likeness (QED) is 0.829. The molecule has 1 saturated heterocycles. The van der Waals surface area contributed by atoms with Crippen molar-refractivity contribution in [3.63, 3.8) is 0 Å². The molecule has 0 atom stereocenters. The van der Waals surface area contributed by atoms with Gasteiger partial charge in [-0.25, -0.2) is 0 Å². The van der Waals surface area contributed by atoms with Gasteiger partial charge in [0.25, 0.3) is 0 Å². The smallest absolute Gasteiger partial charge is 0.219 e. The van der Waals surface area contributed by atoms with Crippen LogP contribution in [0.2, 0.25) is 0 Å². The van der Waals surface area contributed by atoms with E-state index in [-0.39, 0.29) is 5.91 Å². The van der Waals surface area contributed by atoms with E-state index in [0.717, 1.165) is 25.6 Å². The van der Waals surface area contributed by atoms with Crippen LogP contribution in [0.3, 0.4) is 0 Å². The number of hydrogen-bond donors (Lipinski definition) is 0. The minimum Gasteiger partial charge on any atom is -0.343 e. The summed E-state index contributed by atoms with van der Waals surface area (Å²) < 4.78 is 0. The molecule has 0 N–H and O–H groups in total. The largest absolute Gasteiger partial charge is 0.343 e. The maximum Gasteiger partial charge on any atom is 0.219 e. The van der Waals surface area contributed by atoms with E-state index in [1.807, 2.05) is 16.2 Å². The SMILES string of the molecule is CC(=O)N1CCC(CN2CCc3sccc3C2)CC1. The first-order chi connectivity index (χ1) is 9.22. The van der Waals surface area contributed by atoms with Crippen molar-refractivity contribution in [2.45, 2.75) is 32.7 Å². The van der Waals surface area contributed by atoms with E-state index in [1.165, 1.54) is 37.9 Å². The summed E-state index contributed by atoms with van der Waals surface area (Å²) in [6.07, 6.45) is 3.57. The summed E-state index contributed by atoms with van der Waals surface area (Å²) in [5, 5.41) is 2.22. The number of piperidine rings is 1. The Balaban J connectivity index is 1.50. The summed E-state index contributed by atoms with van der Waals surface area (Å²) in [6.45, 7) is 7.14. The van der Waals surface area contributed by atoms with Crippen LogP contribution < -0.4 is 0 Å². The lowest BCUT2D eigenvalue weighted by molar-refractivity contribution is -0.130. The third-order valence-electron chi connectivity index (χ3n) is 4.46. The van der Waals surface area contributed by atoms with E-state index in [0.29, 0.717) is 0 Å².